The Hall–Kier alpha value is -2.24. The molecule has 7 heteroatoms. The molecule has 136 valence electrons. The van der Waals surface area contributed by atoms with Gasteiger partial charge >= 0.3 is 0 Å². The second-order valence-electron chi connectivity index (χ2n) is 6.42. The Labute approximate surface area is 161 Å². The molecule has 3 rings (SSSR count). The van der Waals surface area contributed by atoms with Gasteiger partial charge in [0, 0.05) is 19.5 Å². The summed E-state index contributed by atoms with van der Waals surface area (Å²) in [4.78, 5) is 26.3. The number of phenolic OH excluding ortho intramolecular Hbond substituents is 1. The molecule has 2 amide bonds. The van der Waals surface area contributed by atoms with E-state index in [1.165, 1.54) is 6.07 Å². The maximum atomic E-state index is 12.4. The van der Waals surface area contributed by atoms with Gasteiger partial charge in [-0.1, -0.05) is 40.9 Å². The Morgan fingerprint density at radius 3 is 2.73 bits per heavy atom. The summed E-state index contributed by atoms with van der Waals surface area (Å²) in [5.74, 6) is -0.514. The number of hydrogen-bond acceptors (Lipinski definition) is 3. The van der Waals surface area contributed by atoms with Gasteiger partial charge in [-0.05, 0) is 36.8 Å². The number of halogens is 2. The first kappa shape index (κ1) is 18.5. The van der Waals surface area contributed by atoms with Gasteiger partial charge in [-0.3, -0.25) is 9.59 Å². The minimum Gasteiger partial charge on any atom is -0.507 e. The van der Waals surface area contributed by atoms with E-state index in [1.54, 1.807) is 29.2 Å². The number of benzene rings is 2. The van der Waals surface area contributed by atoms with Crippen LogP contribution in [0.1, 0.15) is 27.9 Å². The number of aromatic hydroxyl groups is 1. The summed E-state index contributed by atoms with van der Waals surface area (Å²) in [6, 6.07) is 9.77. The molecule has 5 nitrogen and oxygen atoms in total. The van der Waals surface area contributed by atoms with Crippen molar-refractivity contribution in [3.8, 4) is 5.75 Å². The van der Waals surface area contributed by atoms with E-state index in [1.807, 2.05) is 13.0 Å². The van der Waals surface area contributed by atoms with Crippen LogP contribution in [0.25, 0.3) is 0 Å². The summed E-state index contributed by atoms with van der Waals surface area (Å²) in [5, 5.41) is 13.6. The molecule has 26 heavy (non-hydrogen) atoms. The zero-order chi connectivity index (χ0) is 18.8. The third-order valence-electron chi connectivity index (χ3n) is 4.30. The first-order chi connectivity index (χ1) is 12.3. The molecule has 2 aromatic carbocycles. The molecular weight excluding hydrogens is 375 g/mol. The Kier molecular flexibility index (Phi) is 5.39. The topological polar surface area (TPSA) is 69.6 Å². The molecule has 1 saturated heterocycles. The van der Waals surface area contributed by atoms with Crippen molar-refractivity contribution in [2.24, 2.45) is 0 Å². The fourth-order valence-electron chi connectivity index (χ4n) is 2.97. The summed E-state index contributed by atoms with van der Waals surface area (Å²) in [5.41, 5.74) is 1.95. The van der Waals surface area contributed by atoms with Crippen LogP contribution in [-0.2, 0) is 11.3 Å². The van der Waals surface area contributed by atoms with E-state index in [0.29, 0.717) is 23.1 Å². The molecule has 0 aliphatic carbocycles. The predicted molar refractivity (Wildman–Crippen MR) is 101 cm³/mol. The lowest BCUT2D eigenvalue weighted by Crippen LogP contribution is -2.37. The van der Waals surface area contributed by atoms with Gasteiger partial charge in [-0.25, -0.2) is 0 Å². The van der Waals surface area contributed by atoms with Gasteiger partial charge in [-0.15, -0.1) is 0 Å². The number of phenols is 1. The monoisotopic (exact) mass is 392 g/mol. The quantitative estimate of drug-likeness (QED) is 0.835. The number of aryl methyl sites for hydroxylation is 1. The highest BCUT2D eigenvalue weighted by Gasteiger charge is 2.31. The Morgan fingerprint density at radius 2 is 2.00 bits per heavy atom. The Bertz CT molecular complexity index is 870. The first-order valence-electron chi connectivity index (χ1n) is 8.15. The number of carbonyl (C=O) groups is 2. The zero-order valence-corrected chi connectivity index (χ0v) is 15.6. The van der Waals surface area contributed by atoms with Crippen molar-refractivity contribution in [1.29, 1.82) is 0 Å². The van der Waals surface area contributed by atoms with Crippen LogP contribution in [-0.4, -0.2) is 34.4 Å². The average molecular weight is 393 g/mol. The summed E-state index contributed by atoms with van der Waals surface area (Å²) < 4.78 is 0. The highest BCUT2D eigenvalue weighted by Crippen LogP contribution is 2.25. The number of carbonyl (C=O) groups excluding carboxylic acids is 2. The highest BCUT2D eigenvalue weighted by molar-refractivity contribution is 6.42. The van der Waals surface area contributed by atoms with Crippen LogP contribution in [0.15, 0.2) is 36.4 Å². The molecule has 1 heterocycles. The number of rotatable bonds is 4. The summed E-state index contributed by atoms with van der Waals surface area (Å²) in [7, 11) is 0. The third kappa shape index (κ3) is 4.11. The molecule has 1 fully saturated rings. The number of likely N-dealkylation sites (tertiary alicyclic amines) is 1. The van der Waals surface area contributed by atoms with Crippen LogP contribution >= 0.6 is 23.2 Å². The molecule has 2 N–H and O–H groups in total. The van der Waals surface area contributed by atoms with Crippen LogP contribution in [0.2, 0.25) is 10.0 Å². The van der Waals surface area contributed by atoms with Crippen molar-refractivity contribution in [2.75, 3.05) is 6.54 Å². The van der Waals surface area contributed by atoms with Crippen molar-refractivity contribution < 1.29 is 14.7 Å². The van der Waals surface area contributed by atoms with Crippen LogP contribution in [0.5, 0.6) is 5.75 Å². The van der Waals surface area contributed by atoms with E-state index in [-0.39, 0.29) is 35.6 Å². The first-order valence-corrected chi connectivity index (χ1v) is 8.91. The normalized spacial score (nSPS) is 16.8. The van der Waals surface area contributed by atoms with Gasteiger partial charge < -0.3 is 15.3 Å². The summed E-state index contributed by atoms with van der Waals surface area (Å²) in [6.07, 6.45) is 0.222. The maximum Gasteiger partial charge on any atom is 0.255 e. The second-order valence-corrected chi connectivity index (χ2v) is 7.23. The van der Waals surface area contributed by atoms with Crippen LogP contribution in [0.3, 0.4) is 0 Å². The standard InChI is InChI=1S/C19H18Cl2N2O3/c1-11-2-5-17(24)14(6-11)19(26)22-13-8-18(25)23(10-13)9-12-3-4-15(20)16(21)7-12/h2-7,13,24H,8-10H2,1H3,(H,22,26). The summed E-state index contributed by atoms with van der Waals surface area (Å²) >= 11 is 11.9. The van der Waals surface area contributed by atoms with Gasteiger partial charge in [-0.2, -0.15) is 0 Å². The van der Waals surface area contributed by atoms with Gasteiger partial charge in [0.1, 0.15) is 5.75 Å². The van der Waals surface area contributed by atoms with E-state index >= 15 is 0 Å². The molecule has 1 aliphatic heterocycles. The van der Waals surface area contributed by atoms with Crippen molar-refractivity contribution in [3.63, 3.8) is 0 Å². The lowest BCUT2D eigenvalue weighted by molar-refractivity contribution is -0.128. The zero-order valence-electron chi connectivity index (χ0n) is 14.1. The fourth-order valence-corrected chi connectivity index (χ4v) is 3.30. The molecule has 2 aromatic rings. The van der Waals surface area contributed by atoms with E-state index in [0.717, 1.165) is 11.1 Å². The lowest BCUT2D eigenvalue weighted by Gasteiger charge is -2.18. The molecule has 1 unspecified atom stereocenters. The molecule has 0 radical (unpaired) electrons. The smallest absolute Gasteiger partial charge is 0.255 e. The third-order valence-corrected chi connectivity index (χ3v) is 5.04. The molecular formula is C19H18Cl2N2O3. The molecule has 0 spiro atoms. The molecule has 0 saturated carbocycles. The van der Waals surface area contributed by atoms with E-state index < -0.39 is 0 Å². The van der Waals surface area contributed by atoms with E-state index in [9.17, 15) is 14.7 Å². The Morgan fingerprint density at radius 1 is 1.23 bits per heavy atom. The number of nitrogens with zero attached hydrogens (tertiary/aromatic N) is 1. The van der Waals surface area contributed by atoms with Crippen LogP contribution < -0.4 is 5.32 Å². The molecule has 1 atom stereocenters. The second kappa shape index (κ2) is 7.56. The number of nitrogens with one attached hydrogen (secondary N) is 1. The largest absolute Gasteiger partial charge is 0.507 e. The SMILES string of the molecule is Cc1ccc(O)c(C(=O)NC2CC(=O)N(Cc3ccc(Cl)c(Cl)c3)C2)c1. The molecule has 1 aliphatic rings. The van der Waals surface area contributed by atoms with Crippen molar-refractivity contribution >= 4 is 35.0 Å². The van der Waals surface area contributed by atoms with Crippen molar-refractivity contribution in [2.45, 2.75) is 25.9 Å². The molecule has 0 bridgehead atoms. The van der Waals surface area contributed by atoms with E-state index in [2.05, 4.69) is 5.32 Å². The number of amides is 2. The average Bonchev–Trinajstić information content (AvgIpc) is 2.92. The Balaban J connectivity index is 1.65. The van der Waals surface area contributed by atoms with Gasteiger partial charge in [0.15, 0.2) is 0 Å². The maximum absolute atomic E-state index is 12.4. The van der Waals surface area contributed by atoms with Gasteiger partial charge in [0.2, 0.25) is 5.91 Å². The lowest BCUT2D eigenvalue weighted by atomic mass is 10.1. The minimum absolute atomic E-state index is 0.0464. The van der Waals surface area contributed by atoms with Crippen molar-refractivity contribution in [3.05, 3.63) is 63.1 Å². The highest BCUT2D eigenvalue weighted by atomic mass is 35.5. The van der Waals surface area contributed by atoms with Gasteiger partial charge in [0.25, 0.3) is 5.91 Å². The van der Waals surface area contributed by atoms with Crippen molar-refractivity contribution in [1.82, 2.24) is 10.2 Å². The van der Waals surface area contributed by atoms with Crippen LogP contribution in [0, 0.1) is 6.92 Å². The molecule has 0 aromatic heterocycles. The summed E-state index contributed by atoms with van der Waals surface area (Å²) in [6.45, 7) is 2.64. The minimum atomic E-state index is -0.389. The fraction of sp³-hybridized carbons (Fsp3) is 0.263. The predicted octanol–water partition coefficient (Wildman–Crippen LogP) is 3.54. The van der Waals surface area contributed by atoms with Gasteiger partial charge in [0.05, 0.1) is 21.7 Å². The van der Waals surface area contributed by atoms with Crippen LogP contribution in [0.4, 0.5) is 0 Å². The number of hydrogen-bond donors (Lipinski definition) is 2. The van der Waals surface area contributed by atoms with E-state index in [4.69, 9.17) is 23.2 Å².